The van der Waals surface area contributed by atoms with Gasteiger partial charge in [0.1, 0.15) is 29.1 Å². The number of nitrogens with zero attached hydrogens (tertiary/aromatic N) is 5. The first kappa shape index (κ1) is 49.2. The fraction of sp³-hybridized carbons (Fsp3) is 0.449. The van der Waals surface area contributed by atoms with Gasteiger partial charge in [-0.1, -0.05) is 53.6 Å². The van der Waals surface area contributed by atoms with Gasteiger partial charge in [0.25, 0.3) is 0 Å². The summed E-state index contributed by atoms with van der Waals surface area (Å²) in [6, 6.07) is 18.7. The highest BCUT2D eigenvalue weighted by Crippen LogP contribution is 2.34. The smallest absolute Gasteiger partial charge is 0.304 e. The average Bonchev–Trinajstić information content (AvgIpc) is 3.79. The Morgan fingerprint density at radius 2 is 1.74 bits per heavy atom. The van der Waals surface area contributed by atoms with Gasteiger partial charge in [-0.2, -0.15) is 0 Å². The molecule has 1 aromatic heterocycles. The summed E-state index contributed by atoms with van der Waals surface area (Å²) in [6.45, 7) is 8.61. The summed E-state index contributed by atoms with van der Waals surface area (Å²) in [4.78, 5) is 64.7. The minimum atomic E-state index is -1.12. The Kier molecular flexibility index (Phi) is 16.2. The fourth-order valence-electron chi connectivity index (χ4n) is 8.70. The van der Waals surface area contributed by atoms with Gasteiger partial charge in [-0.05, 0) is 122 Å². The van der Waals surface area contributed by atoms with Crippen molar-refractivity contribution >= 4 is 46.9 Å². The van der Waals surface area contributed by atoms with Gasteiger partial charge in [-0.3, -0.25) is 24.1 Å². The number of piperidine rings is 1. The Morgan fingerprint density at radius 1 is 1.03 bits per heavy atom. The Hall–Kier alpha value is -5.25. The number of carboxylic acid groups (broad SMARTS) is 1. The summed E-state index contributed by atoms with van der Waals surface area (Å²) in [5.41, 5.74) is 1.59. The van der Waals surface area contributed by atoms with Crippen LogP contribution >= 0.6 is 23.2 Å². The van der Waals surface area contributed by atoms with Crippen LogP contribution in [0.5, 0.6) is 11.5 Å². The number of imidazole rings is 1. The number of halogens is 2. The quantitative estimate of drug-likeness (QED) is 0.0856. The van der Waals surface area contributed by atoms with E-state index in [1.165, 1.54) is 4.90 Å². The van der Waals surface area contributed by atoms with Crippen LogP contribution in [0.25, 0.3) is 11.3 Å². The van der Waals surface area contributed by atoms with Crippen LogP contribution in [0.15, 0.2) is 85.1 Å². The van der Waals surface area contributed by atoms with Crippen molar-refractivity contribution in [3.63, 3.8) is 0 Å². The van der Waals surface area contributed by atoms with Gasteiger partial charge in [0.15, 0.2) is 0 Å². The lowest BCUT2D eigenvalue weighted by molar-refractivity contribution is -0.152. The first-order valence-electron chi connectivity index (χ1n) is 22.0. The Bertz CT molecular complexity index is 2350. The predicted octanol–water partition coefficient (Wildman–Crippen LogP) is 7.47. The number of carboxylic acids is 1. The van der Waals surface area contributed by atoms with E-state index in [1.807, 2.05) is 76.7 Å². The number of aromatic nitrogens is 2. The standard InChI is InChI=1S/C49H61Cl2N7O7/c1-8-9-11-35(24-44(59)60)47(63)57-23-10-22-49(31-57,26-33-12-17-37(50)18-13-33)54-45(61)41-30-64-48(3,4)58(41)46(62)32(2)52-27-36-14-19-38(51)25-42(36)65-39-20-15-34(16-21-39)40-28-53-43(56(40)7)29-55(5)6/h8-9,12-21,25,28,32,35,41,52H,10-11,22-24,26-27,29-31H2,1-7H3,(H,54,61)(H,59,60)/t32?,35?,41-,49+/m0/s1. The van der Waals surface area contributed by atoms with Gasteiger partial charge in [-0.25, -0.2) is 4.98 Å². The van der Waals surface area contributed by atoms with Crippen molar-refractivity contribution in [1.29, 1.82) is 0 Å². The van der Waals surface area contributed by atoms with Gasteiger partial charge >= 0.3 is 5.97 Å². The third kappa shape index (κ3) is 12.4. The van der Waals surface area contributed by atoms with E-state index in [1.54, 1.807) is 62.1 Å². The molecule has 4 atom stereocenters. The van der Waals surface area contributed by atoms with Crippen LogP contribution in [0.4, 0.5) is 0 Å². The van der Waals surface area contributed by atoms with Gasteiger partial charge in [-0.15, -0.1) is 0 Å². The molecular formula is C49H61Cl2N7O7. The van der Waals surface area contributed by atoms with Crippen molar-refractivity contribution in [2.75, 3.05) is 33.8 Å². The molecule has 2 fully saturated rings. The Morgan fingerprint density at radius 3 is 2.42 bits per heavy atom. The third-order valence-electron chi connectivity index (χ3n) is 12.1. The van der Waals surface area contributed by atoms with E-state index in [0.717, 1.165) is 34.8 Å². The second kappa shape index (κ2) is 21.4. The lowest BCUT2D eigenvalue weighted by Crippen LogP contribution is -2.65. The lowest BCUT2D eigenvalue weighted by atomic mass is 9.82. The largest absolute Gasteiger partial charge is 0.481 e. The van der Waals surface area contributed by atoms with Crippen molar-refractivity contribution in [3.05, 3.63) is 112 Å². The normalized spacial score (nSPS) is 19.4. The summed E-state index contributed by atoms with van der Waals surface area (Å²) in [5.74, 6) is -0.738. The number of benzene rings is 3. The van der Waals surface area contributed by atoms with Gasteiger partial charge < -0.3 is 39.6 Å². The van der Waals surface area contributed by atoms with Crippen molar-refractivity contribution in [2.45, 2.75) is 96.2 Å². The molecular weight excluding hydrogens is 869 g/mol. The number of carbonyl (C=O) groups is 4. The van der Waals surface area contributed by atoms with E-state index in [0.29, 0.717) is 53.8 Å². The molecule has 0 bridgehead atoms. The molecule has 3 heterocycles. The number of hydrogen-bond donors (Lipinski definition) is 3. The molecule has 348 valence electrons. The molecule has 3 aromatic carbocycles. The van der Waals surface area contributed by atoms with E-state index in [-0.39, 0.29) is 37.9 Å². The number of nitrogens with one attached hydrogen (secondary N) is 2. The molecule has 2 saturated heterocycles. The third-order valence-corrected chi connectivity index (χ3v) is 12.6. The maximum absolute atomic E-state index is 14.6. The highest BCUT2D eigenvalue weighted by molar-refractivity contribution is 6.31. The fourth-order valence-corrected chi connectivity index (χ4v) is 8.99. The van der Waals surface area contributed by atoms with E-state index in [9.17, 15) is 24.3 Å². The molecule has 0 spiro atoms. The number of allylic oxidation sites excluding steroid dienone is 2. The molecule has 14 nitrogen and oxygen atoms in total. The molecule has 0 saturated carbocycles. The summed E-state index contributed by atoms with van der Waals surface area (Å²) >= 11 is 12.7. The summed E-state index contributed by atoms with van der Waals surface area (Å²) in [5, 5.41) is 17.3. The van der Waals surface area contributed by atoms with Gasteiger partial charge in [0.2, 0.25) is 17.7 Å². The predicted molar refractivity (Wildman–Crippen MR) is 252 cm³/mol. The molecule has 4 aromatic rings. The Labute approximate surface area is 391 Å². The number of aliphatic carboxylic acids is 1. The van der Waals surface area contributed by atoms with E-state index < -0.39 is 41.1 Å². The van der Waals surface area contributed by atoms with Gasteiger partial charge in [0.05, 0.1) is 49.0 Å². The molecule has 0 radical (unpaired) electrons. The zero-order chi connectivity index (χ0) is 47.1. The maximum Gasteiger partial charge on any atom is 0.304 e. The molecule has 3 amide bonds. The second-order valence-corrected chi connectivity index (χ2v) is 18.7. The van der Waals surface area contributed by atoms with Crippen LogP contribution in [-0.2, 0) is 50.5 Å². The number of ether oxygens (including phenoxy) is 2. The minimum Gasteiger partial charge on any atom is -0.481 e. The SMILES string of the molecule is CC=CCC(CC(=O)O)C(=O)N1CCC[C@](Cc2ccc(Cl)cc2)(NC(=O)[C@@H]2COC(C)(C)N2C(=O)C(C)NCc2ccc(Cl)cc2Oc2ccc(-c3cnc(CN(C)C)n3C)cc2)C1. The van der Waals surface area contributed by atoms with E-state index in [2.05, 4.69) is 25.1 Å². The number of likely N-dealkylation sites (tertiary alicyclic amines) is 1. The first-order chi connectivity index (χ1) is 30.9. The van der Waals surface area contributed by atoms with Crippen molar-refractivity contribution < 1.29 is 33.8 Å². The molecule has 16 heteroatoms. The number of hydrogen-bond acceptors (Lipinski definition) is 9. The summed E-state index contributed by atoms with van der Waals surface area (Å²) < 4.78 is 14.6. The van der Waals surface area contributed by atoms with Crippen molar-refractivity contribution in [1.82, 2.24) is 34.9 Å². The maximum atomic E-state index is 14.6. The monoisotopic (exact) mass is 929 g/mol. The lowest BCUT2D eigenvalue weighted by Gasteiger charge is -2.45. The van der Waals surface area contributed by atoms with E-state index >= 15 is 0 Å². The van der Waals surface area contributed by atoms with Crippen LogP contribution in [0.2, 0.25) is 10.0 Å². The molecule has 6 rings (SSSR count). The average molecular weight is 931 g/mol. The number of carbonyl (C=O) groups excluding carboxylic acids is 3. The highest BCUT2D eigenvalue weighted by atomic mass is 35.5. The summed E-state index contributed by atoms with van der Waals surface area (Å²) in [7, 11) is 6.02. The highest BCUT2D eigenvalue weighted by Gasteiger charge is 2.50. The Balaban J connectivity index is 1.16. The zero-order valence-electron chi connectivity index (χ0n) is 38.3. The van der Waals surface area contributed by atoms with Crippen molar-refractivity contribution in [2.24, 2.45) is 13.0 Å². The van der Waals surface area contributed by atoms with E-state index in [4.69, 9.17) is 32.7 Å². The molecule has 2 unspecified atom stereocenters. The van der Waals surface area contributed by atoms with Crippen LogP contribution in [-0.4, -0.2) is 110 Å². The second-order valence-electron chi connectivity index (χ2n) is 17.9. The molecule has 2 aliphatic heterocycles. The minimum absolute atomic E-state index is 0.0349. The molecule has 3 N–H and O–H groups in total. The topological polar surface area (TPSA) is 159 Å². The van der Waals surface area contributed by atoms with Crippen LogP contribution in [0.1, 0.15) is 70.3 Å². The van der Waals surface area contributed by atoms with Crippen LogP contribution in [0, 0.1) is 5.92 Å². The van der Waals surface area contributed by atoms with Crippen LogP contribution < -0.4 is 15.4 Å². The van der Waals surface area contributed by atoms with Gasteiger partial charge in [0, 0.05) is 47.9 Å². The molecule has 2 aliphatic rings. The molecule has 65 heavy (non-hydrogen) atoms. The summed E-state index contributed by atoms with van der Waals surface area (Å²) in [6.07, 6.45) is 6.94. The first-order valence-corrected chi connectivity index (χ1v) is 22.7. The van der Waals surface area contributed by atoms with Crippen molar-refractivity contribution in [3.8, 4) is 22.8 Å². The molecule has 0 aliphatic carbocycles. The zero-order valence-corrected chi connectivity index (χ0v) is 39.8. The van der Waals surface area contributed by atoms with Crippen LogP contribution in [0.3, 0.4) is 0 Å². The number of rotatable bonds is 18. The number of amides is 3.